The fraction of sp³-hybridized carbons (Fsp3) is 0.500. The van der Waals surface area contributed by atoms with E-state index in [4.69, 9.17) is 43.0 Å². The smallest absolute Gasteiger partial charge is 0.233 e. The van der Waals surface area contributed by atoms with E-state index in [1.165, 1.54) is 50.6 Å². The minimum atomic E-state index is -0.781. The zero-order valence-electron chi connectivity index (χ0n) is 22.9. The van der Waals surface area contributed by atoms with Gasteiger partial charge in [0.1, 0.15) is 6.61 Å². The van der Waals surface area contributed by atoms with E-state index in [2.05, 4.69) is 0 Å². The summed E-state index contributed by atoms with van der Waals surface area (Å²) >= 11 is 0. The largest absolute Gasteiger partial charge is 0.504 e. The Hall–Kier alpha value is -3.26. The van der Waals surface area contributed by atoms with Crippen molar-refractivity contribution in [2.24, 2.45) is 0 Å². The van der Waals surface area contributed by atoms with Crippen molar-refractivity contribution in [2.45, 2.75) is 0 Å². The van der Waals surface area contributed by atoms with Gasteiger partial charge in [0.25, 0.3) is 0 Å². The van der Waals surface area contributed by atoms with E-state index in [-0.39, 0.29) is 48.2 Å². The summed E-state index contributed by atoms with van der Waals surface area (Å²) < 4.78 is 42.7. The van der Waals surface area contributed by atoms with Crippen LogP contribution in [0.4, 0.5) is 0 Å². The molecule has 0 aliphatic carbocycles. The molecule has 2 aromatic rings. The highest BCUT2D eigenvalue weighted by molar-refractivity contribution is 6.49. The van der Waals surface area contributed by atoms with Gasteiger partial charge in [-0.1, -0.05) is 0 Å². The van der Waals surface area contributed by atoms with Crippen molar-refractivity contribution in [3.8, 4) is 23.0 Å². The lowest BCUT2D eigenvalue weighted by atomic mass is 10.0. The zero-order chi connectivity index (χ0) is 29.0. The summed E-state index contributed by atoms with van der Waals surface area (Å²) in [5, 5.41) is 18.5. The van der Waals surface area contributed by atoms with Crippen LogP contribution >= 0.6 is 0 Å². The van der Waals surface area contributed by atoms with E-state index >= 15 is 0 Å². The maximum Gasteiger partial charge on any atom is 0.233 e. The Bertz CT molecular complexity index is 1030. The molecule has 0 radical (unpaired) electrons. The molecule has 2 rings (SSSR count). The lowest BCUT2D eigenvalue weighted by molar-refractivity contribution is -0.0147. The second kappa shape index (κ2) is 19.7. The number of aromatic hydroxyl groups is 1. The van der Waals surface area contributed by atoms with Gasteiger partial charge in [-0.3, -0.25) is 9.59 Å². The number of hydrogen-bond donors (Lipinski definition) is 2. The lowest BCUT2D eigenvalue weighted by Crippen LogP contribution is -2.16. The van der Waals surface area contributed by atoms with Crippen LogP contribution in [-0.4, -0.2) is 115 Å². The van der Waals surface area contributed by atoms with Crippen molar-refractivity contribution >= 4 is 11.6 Å². The minimum Gasteiger partial charge on any atom is -0.504 e. The Morgan fingerprint density at radius 1 is 0.575 bits per heavy atom. The summed E-state index contributed by atoms with van der Waals surface area (Å²) in [6.45, 7) is 4.16. The molecular weight excluding hydrogens is 528 g/mol. The van der Waals surface area contributed by atoms with Crippen LogP contribution in [0, 0.1) is 0 Å². The fourth-order valence-corrected chi connectivity index (χ4v) is 3.28. The number of phenolic OH excluding ortho intramolecular Hbond substituents is 1. The second-order valence-electron chi connectivity index (χ2n) is 8.04. The summed E-state index contributed by atoms with van der Waals surface area (Å²) in [5.74, 6) is -0.893. The highest BCUT2D eigenvalue weighted by atomic mass is 16.6. The Kier molecular flexibility index (Phi) is 16.3. The molecule has 0 spiro atoms. The van der Waals surface area contributed by atoms with E-state index in [0.29, 0.717) is 65.2 Å². The van der Waals surface area contributed by atoms with Crippen LogP contribution in [0.2, 0.25) is 0 Å². The van der Waals surface area contributed by atoms with Gasteiger partial charge in [0.2, 0.25) is 11.6 Å². The number of rotatable bonds is 23. The third-order valence-electron chi connectivity index (χ3n) is 5.28. The number of carbonyl (C=O) groups is 2. The van der Waals surface area contributed by atoms with Gasteiger partial charge in [0.15, 0.2) is 23.0 Å². The number of phenols is 1. The van der Waals surface area contributed by atoms with Crippen molar-refractivity contribution in [1.29, 1.82) is 0 Å². The molecule has 0 saturated carbocycles. The summed E-state index contributed by atoms with van der Waals surface area (Å²) in [4.78, 5) is 25.4. The quantitative estimate of drug-likeness (QED) is 0.115. The van der Waals surface area contributed by atoms with Gasteiger partial charge < -0.3 is 48.1 Å². The number of ketones is 2. The van der Waals surface area contributed by atoms with Crippen LogP contribution in [0.1, 0.15) is 20.7 Å². The molecule has 0 aliphatic heterocycles. The van der Waals surface area contributed by atoms with Crippen molar-refractivity contribution in [2.75, 3.05) is 93.5 Å². The third-order valence-corrected chi connectivity index (χ3v) is 5.28. The minimum absolute atomic E-state index is 0.000311. The number of methoxy groups -OCH3 is 2. The lowest BCUT2D eigenvalue weighted by Gasteiger charge is -2.12. The monoisotopic (exact) mass is 566 g/mol. The predicted octanol–water partition coefficient (Wildman–Crippen LogP) is 1.93. The molecule has 0 unspecified atom stereocenters. The summed E-state index contributed by atoms with van der Waals surface area (Å²) in [7, 11) is 2.85. The molecule has 0 fully saturated rings. The molecule has 0 bridgehead atoms. The van der Waals surface area contributed by atoms with E-state index in [1.807, 2.05) is 0 Å². The molecule has 0 saturated heterocycles. The van der Waals surface area contributed by atoms with Gasteiger partial charge in [-0.05, 0) is 36.4 Å². The molecule has 222 valence electrons. The molecule has 0 amide bonds. The van der Waals surface area contributed by atoms with Crippen LogP contribution in [-0.2, 0) is 23.7 Å². The number of Topliss-reactive ketones (excluding diaryl/α,β-unsaturated/α-hetero) is 2. The normalized spacial score (nSPS) is 10.9. The van der Waals surface area contributed by atoms with Gasteiger partial charge in [0.05, 0.1) is 86.9 Å². The number of benzene rings is 2. The number of hydrogen-bond acceptors (Lipinski definition) is 12. The zero-order valence-corrected chi connectivity index (χ0v) is 22.9. The molecule has 2 aromatic carbocycles. The van der Waals surface area contributed by atoms with Crippen molar-refractivity contribution in [1.82, 2.24) is 0 Å². The van der Waals surface area contributed by atoms with Crippen LogP contribution in [0.25, 0.3) is 0 Å². The molecular formula is C28H38O12. The maximum atomic E-state index is 12.8. The molecule has 0 heterocycles. The molecule has 0 aliphatic rings. The van der Waals surface area contributed by atoms with E-state index < -0.39 is 11.6 Å². The Morgan fingerprint density at radius 2 is 1.00 bits per heavy atom. The van der Waals surface area contributed by atoms with Gasteiger partial charge in [0, 0.05) is 11.1 Å². The first-order valence-electron chi connectivity index (χ1n) is 12.8. The summed E-state index contributed by atoms with van der Waals surface area (Å²) in [5.41, 5.74) is 0.154. The highest BCUT2D eigenvalue weighted by Crippen LogP contribution is 2.30. The first-order valence-corrected chi connectivity index (χ1v) is 12.8. The van der Waals surface area contributed by atoms with Crippen LogP contribution in [0.15, 0.2) is 36.4 Å². The molecule has 12 heteroatoms. The summed E-state index contributed by atoms with van der Waals surface area (Å²) in [6.07, 6.45) is 0. The SMILES string of the molecule is COc1ccc(C(=O)C(=O)c2ccc(OC)c(OCCOCCOCCOCCOCCOCCO)c2)cc1O. The average molecular weight is 567 g/mol. The van der Waals surface area contributed by atoms with Crippen LogP contribution in [0.3, 0.4) is 0 Å². The highest BCUT2D eigenvalue weighted by Gasteiger charge is 2.21. The second-order valence-corrected chi connectivity index (χ2v) is 8.04. The molecule has 0 aromatic heterocycles. The molecule has 12 nitrogen and oxygen atoms in total. The number of aliphatic hydroxyl groups is 1. The van der Waals surface area contributed by atoms with Crippen LogP contribution in [0.5, 0.6) is 23.0 Å². The number of ether oxygens (including phenoxy) is 8. The Morgan fingerprint density at radius 3 is 1.45 bits per heavy atom. The van der Waals surface area contributed by atoms with Gasteiger partial charge >= 0.3 is 0 Å². The van der Waals surface area contributed by atoms with E-state index in [9.17, 15) is 14.7 Å². The van der Waals surface area contributed by atoms with E-state index in [1.54, 1.807) is 0 Å². The Balaban J connectivity index is 1.63. The maximum absolute atomic E-state index is 12.8. The third kappa shape index (κ3) is 11.9. The standard InChI is InChI=1S/C28H38O12/c1-33-24-5-3-21(19-23(24)30)27(31)28(32)22-4-6-25(34-2)26(20-22)40-18-17-39-16-15-38-14-13-37-12-11-36-10-9-35-8-7-29/h3-6,19-20,29-30H,7-18H2,1-2H3. The van der Waals surface area contributed by atoms with E-state index in [0.717, 1.165) is 0 Å². The first-order chi connectivity index (χ1) is 19.5. The van der Waals surface area contributed by atoms with Crippen molar-refractivity contribution < 1.29 is 57.7 Å². The average Bonchev–Trinajstić information content (AvgIpc) is 2.97. The topological polar surface area (TPSA) is 148 Å². The molecule has 0 atom stereocenters. The summed E-state index contributed by atoms with van der Waals surface area (Å²) in [6, 6.07) is 8.44. The molecule has 2 N–H and O–H groups in total. The van der Waals surface area contributed by atoms with Gasteiger partial charge in [-0.15, -0.1) is 0 Å². The number of carbonyl (C=O) groups excluding carboxylic acids is 2. The van der Waals surface area contributed by atoms with Crippen molar-refractivity contribution in [3.05, 3.63) is 47.5 Å². The van der Waals surface area contributed by atoms with Crippen molar-refractivity contribution in [3.63, 3.8) is 0 Å². The predicted molar refractivity (Wildman–Crippen MR) is 143 cm³/mol. The fourth-order valence-electron chi connectivity index (χ4n) is 3.28. The van der Waals surface area contributed by atoms with Crippen LogP contribution < -0.4 is 14.2 Å². The molecule has 40 heavy (non-hydrogen) atoms. The number of aliphatic hydroxyl groups excluding tert-OH is 1. The van der Waals surface area contributed by atoms with Gasteiger partial charge in [-0.2, -0.15) is 0 Å². The Labute approximate surface area is 233 Å². The van der Waals surface area contributed by atoms with Gasteiger partial charge in [-0.25, -0.2) is 0 Å². The first kappa shape index (κ1) is 32.9.